The summed E-state index contributed by atoms with van der Waals surface area (Å²) < 4.78 is 12.1. The molecule has 0 saturated heterocycles. The van der Waals surface area contributed by atoms with Gasteiger partial charge in [0.25, 0.3) is 0 Å². The van der Waals surface area contributed by atoms with Gasteiger partial charge in [0.15, 0.2) is 11.5 Å². The van der Waals surface area contributed by atoms with Crippen molar-refractivity contribution >= 4 is 15.9 Å². The van der Waals surface area contributed by atoms with Crippen molar-refractivity contribution < 1.29 is 14.6 Å². The minimum Gasteiger partial charge on any atom is -0.490 e. The second kappa shape index (κ2) is 5.76. The maximum absolute atomic E-state index is 10.4. The average molecular weight is 337 g/mol. The molecule has 6 heteroatoms. The second-order valence-corrected chi connectivity index (χ2v) is 5.31. The Morgan fingerprint density at radius 2 is 1.85 bits per heavy atom. The molecule has 20 heavy (non-hydrogen) atoms. The van der Waals surface area contributed by atoms with Crippen LogP contribution in [0.3, 0.4) is 0 Å². The van der Waals surface area contributed by atoms with Gasteiger partial charge in [0.1, 0.15) is 12.4 Å². The van der Waals surface area contributed by atoms with Crippen molar-refractivity contribution in [1.29, 1.82) is 0 Å². The molecule has 1 aromatic heterocycles. The van der Waals surface area contributed by atoms with Crippen LogP contribution in [0.25, 0.3) is 0 Å². The first-order chi connectivity index (χ1) is 9.75. The Morgan fingerprint density at radius 1 is 1.10 bits per heavy atom. The SMILES string of the molecule is OC(c1cncnc1)c1cc(Br)c2c(c1)OCCCO2. The molecule has 3 rings (SSSR count). The molecule has 104 valence electrons. The summed E-state index contributed by atoms with van der Waals surface area (Å²) in [5.74, 6) is 1.32. The third kappa shape index (κ3) is 2.62. The predicted molar refractivity (Wildman–Crippen MR) is 75.8 cm³/mol. The highest BCUT2D eigenvalue weighted by Crippen LogP contribution is 2.40. The van der Waals surface area contributed by atoms with E-state index in [0.717, 1.165) is 10.9 Å². The third-order valence-corrected chi connectivity index (χ3v) is 3.63. The zero-order valence-electron chi connectivity index (χ0n) is 10.6. The number of fused-ring (bicyclic) bond motifs is 1. The summed E-state index contributed by atoms with van der Waals surface area (Å²) in [4.78, 5) is 7.83. The van der Waals surface area contributed by atoms with Crippen LogP contribution in [0.15, 0.2) is 35.3 Å². The second-order valence-electron chi connectivity index (χ2n) is 4.45. The van der Waals surface area contributed by atoms with E-state index in [1.54, 1.807) is 18.5 Å². The van der Waals surface area contributed by atoms with Gasteiger partial charge in [-0.15, -0.1) is 0 Å². The minimum absolute atomic E-state index is 0.605. The molecule has 0 aliphatic carbocycles. The zero-order chi connectivity index (χ0) is 13.9. The van der Waals surface area contributed by atoms with E-state index >= 15 is 0 Å². The van der Waals surface area contributed by atoms with Crippen LogP contribution in [-0.2, 0) is 0 Å². The lowest BCUT2D eigenvalue weighted by molar-refractivity contribution is 0.218. The molecule has 0 fully saturated rings. The highest BCUT2D eigenvalue weighted by molar-refractivity contribution is 9.10. The van der Waals surface area contributed by atoms with Gasteiger partial charge in [-0.2, -0.15) is 0 Å². The number of aliphatic hydroxyl groups excluding tert-OH is 1. The molecule has 5 nitrogen and oxygen atoms in total. The summed E-state index contributed by atoms with van der Waals surface area (Å²) in [6.45, 7) is 1.23. The summed E-state index contributed by atoms with van der Waals surface area (Å²) in [7, 11) is 0. The van der Waals surface area contributed by atoms with Crippen LogP contribution in [0, 0.1) is 0 Å². The lowest BCUT2D eigenvalue weighted by atomic mass is 10.0. The Bertz CT molecular complexity index is 607. The van der Waals surface area contributed by atoms with Gasteiger partial charge in [-0.05, 0) is 33.6 Å². The van der Waals surface area contributed by atoms with Crippen LogP contribution >= 0.6 is 15.9 Å². The van der Waals surface area contributed by atoms with Gasteiger partial charge in [0.05, 0.1) is 17.7 Å². The van der Waals surface area contributed by atoms with Crippen molar-refractivity contribution in [2.75, 3.05) is 13.2 Å². The minimum atomic E-state index is -0.801. The fourth-order valence-electron chi connectivity index (χ4n) is 2.05. The standard InChI is InChI=1S/C14H13BrN2O3/c15-11-4-9(13(18)10-6-16-8-17-7-10)5-12-14(11)20-3-1-2-19-12/h4-8,13,18H,1-3H2. The van der Waals surface area contributed by atoms with Gasteiger partial charge >= 0.3 is 0 Å². The molecule has 1 aromatic carbocycles. The van der Waals surface area contributed by atoms with Gasteiger partial charge in [-0.3, -0.25) is 0 Å². The van der Waals surface area contributed by atoms with Crippen molar-refractivity contribution in [2.24, 2.45) is 0 Å². The van der Waals surface area contributed by atoms with Crippen LogP contribution in [0.5, 0.6) is 11.5 Å². The predicted octanol–water partition coefficient (Wildman–Crippen LogP) is 2.48. The molecule has 2 heterocycles. The van der Waals surface area contributed by atoms with E-state index in [1.807, 2.05) is 6.07 Å². The van der Waals surface area contributed by atoms with Gasteiger partial charge in [-0.1, -0.05) is 0 Å². The summed E-state index contributed by atoms with van der Waals surface area (Å²) in [6, 6.07) is 3.62. The molecule has 0 radical (unpaired) electrons. The summed E-state index contributed by atoms with van der Waals surface area (Å²) in [5.41, 5.74) is 1.34. The van der Waals surface area contributed by atoms with E-state index in [4.69, 9.17) is 9.47 Å². The van der Waals surface area contributed by atoms with E-state index < -0.39 is 6.10 Å². The van der Waals surface area contributed by atoms with Gasteiger partial charge in [0.2, 0.25) is 0 Å². The maximum Gasteiger partial charge on any atom is 0.175 e. The Balaban J connectivity index is 1.99. The molecule has 1 atom stereocenters. The maximum atomic E-state index is 10.4. The molecular formula is C14H13BrN2O3. The van der Waals surface area contributed by atoms with Crippen LogP contribution < -0.4 is 9.47 Å². The van der Waals surface area contributed by atoms with Gasteiger partial charge < -0.3 is 14.6 Å². The highest BCUT2D eigenvalue weighted by Gasteiger charge is 2.19. The molecular weight excluding hydrogens is 324 g/mol. The number of hydrogen-bond donors (Lipinski definition) is 1. The number of benzene rings is 1. The van der Waals surface area contributed by atoms with Crippen LogP contribution in [-0.4, -0.2) is 28.3 Å². The van der Waals surface area contributed by atoms with Gasteiger partial charge in [-0.25, -0.2) is 9.97 Å². The Morgan fingerprint density at radius 3 is 2.65 bits per heavy atom. The first-order valence-corrected chi connectivity index (χ1v) is 7.07. The summed E-state index contributed by atoms with van der Waals surface area (Å²) >= 11 is 3.46. The largest absolute Gasteiger partial charge is 0.490 e. The Labute approximate surface area is 124 Å². The molecule has 1 N–H and O–H groups in total. The van der Waals surface area contributed by atoms with Crippen LogP contribution in [0.1, 0.15) is 23.7 Å². The van der Waals surface area contributed by atoms with E-state index in [1.165, 1.54) is 6.33 Å². The van der Waals surface area contributed by atoms with Crippen LogP contribution in [0.4, 0.5) is 0 Å². The average Bonchev–Trinajstić information content (AvgIpc) is 2.73. The summed E-state index contributed by atoms with van der Waals surface area (Å²) in [5, 5.41) is 10.4. The number of aromatic nitrogens is 2. The Kier molecular flexibility index (Phi) is 3.84. The van der Waals surface area contributed by atoms with E-state index in [-0.39, 0.29) is 0 Å². The lowest BCUT2D eigenvalue weighted by Crippen LogP contribution is -2.02. The topological polar surface area (TPSA) is 64.5 Å². The molecule has 0 bridgehead atoms. The third-order valence-electron chi connectivity index (χ3n) is 3.04. The number of ether oxygens (including phenoxy) is 2. The fourth-order valence-corrected chi connectivity index (χ4v) is 2.63. The monoisotopic (exact) mass is 336 g/mol. The normalized spacial score (nSPS) is 15.5. The molecule has 0 amide bonds. The van der Waals surface area contributed by atoms with Crippen molar-refractivity contribution in [3.05, 3.63) is 46.5 Å². The fraction of sp³-hybridized carbons (Fsp3) is 0.286. The molecule has 2 aromatic rings. The molecule has 1 aliphatic heterocycles. The number of rotatable bonds is 2. The number of nitrogens with zero attached hydrogens (tertiary/aromatic N) is 2. The molecule has 1 unspecified atom stereocenters. The van der Waals surface area contributed by atoms with Crippen LogP contribution in [0.2, 0.25) is 0 Å². The van der Waals surface area contributed by atoms with Crippen molar-refractivity contribution in [3.8, 4) is 11.5 Å². The van der Waals surface area contributed by atoms with E-state index in [2.05, 4.69) is 25.9 Å². The first-order valence-electron chi connectivity index (χ1n) is 6.27. The highest BCUT2D eigenvalue weighted by atomic mass is 79.9. The molecule has 0 saturated carbocycles. The van der Waals surface area contributed by atoms with Crippen molar-refractivity contribution in [3.63, 3.8) is 0 Å². The van der Waals surface area contributed by atoms with E-state index in [9.17, 15) is 5.11 Å². The van der Waals surface area contributed by atoms with E-state index in [0.29, 0.717) is 35.8 Å². The number of aliphatic hydroxyl groups is 1. The number of halogens is 1. The Hall–Kier alpha value is -1.66. The van der Waals surface area contributed by atoms with Crippen molar-refractivity contribution in [2.45, 2.75) is 12.5 Å². The first kappa shape index (κ1) is 13.3. The summed E-state index contributed by atoms with van der Waals surface area (Å²) in [6.07, 6.45) is 4.65. The smallest absolute Gasteiger partial charge is 0.175 e. The number of hydrogen-bond acceptors (Lipinski definition) is 5. The molecule has 1 aliphatic rings. The van der Waals surface area contributed by atoms with Gasteiger partial charge in [0, 0.05) is 24.4 Å². The quantitative estimate of drug-likeness (QED) is 0.912. The van der Waals surface area contributed by atoms with Crippen molar-refractivity contribution in [1.82, 2.24) is 9.97 Å². The zero-order valence-corrected chi connectivity index (χ0v) is 12.2. The lowest BCUT2D eigenvalue weighted by Gasteiger charge is -2.15. The molecule has 0 spiro atoms.